The van der Waals surface area contributed by atoms with Gasteiger partial charge in [0, 0.05) is 58.0 Å². The monoisotopic (exact) mass is 423 g/mol. The molecule has 1 aromatic carbocycles. The molecule has 0 aromatic heterocycles. The van der Waals surface area contributed by atoms with Gasteiger partial charge in [0.2, 0.25) is 10.0 Å². The number of benzene rings is 1. The van der Waals surface area contributed by atoms with Crippen LogP contribution in [0.4, 0.5) is 0 Å². The molecule has 160 valence electrons. The number of rotatable bonds is 5. The maximum Gasteiger partial charge on any atom is 0.253 e. The van der Waals surface area contributed by atoms with Crippen LogP contribution in [0.3, 0.4) is 0 Å². The molecule has 0 saturated carbocycles. The Morgan fingerprint density at radius 1 is 0.966 bits per heavy atom. The Morgan fingerprint density at radius 3 is 2.28 bits per heavy atom. The van der Waals surface area contributed by atoms with Crippen LogP contribution in [0, 0.1) is 0 Å². The number of hydrogen-bond acceptors (Lipinski definition) is 6. The largest absolute Gasteiger partial charge is 0.379 e. The highest BCUT2D eigenvalue weighted by atomic mass is 32.2. The van der Waals surface area contributed by atoms with E-state index in [4.69, 9.17) is 9.47 Å². The summed E-state index contributed by atoms with van der Waals surface area (Å²) in [6.45, 7) is 6.39. The highest BCUT2D eigenvalue weighted by Crippen LogP contribution is 2.19. The molecule has 3 saturated heterocycles. The highest BCUT2D eigenvalue weighted by molar-refractivity contribution is 7.89. The van der Waals surface area contributed by atoms with Crippen molar-refractivity contribution in [1.82, 2.24) is 14.1 Å². The number of hydrogen-bond donors (Lipinski definition) is 0. The smallest absolute Gasteiger partial charge is 0.253 e. The van der Waals surface area contributed by atoms with E-state index >= 15 is 0 Å². The van der Waals surface area contributed by atoms with Gasteiger partial charge in [0.1, 0.15) is 0 Å². The van der Waals surface area contributed by atoms with Crippen molar-refractivity contribution < 1.29 is 22.7 Å². The van der Waals surface area contributed by atoms with Crippen LogP contribution in [0.1, 0.15) is 23.2 Å². The molecule has 8 nitrogen and oxygen atoms in total. The molecule has 0 spiro atoms. The highest BCUT2D eigenvalue weighted by Gasteiger charge is 2.28. The first-order chi connectivity index (χ1) is 14.0. The number of ether oxygens (including phenoxy) is 2. The minimum Gasteiger partial charge on any atom is -0.379 e. The number of carbonyl (C=O) groups excluding carboxylic acids is 1. The van der Waals surface area contributed by atoms with Crippen molar-refractivity contribution in [2.24, 2.45) is 0 Å². The van der Waals surface area contributed by atoms with E-state index in [0.29, 0.717) is 51.1 Å². The van der Waals surface area contributed by atoms with Gasteiger partial charge in [-0.1, -0.05) is 0 Å². The minimum absolute atomic E-state index is 0.0444. The third kappa shape index (κ3) is 4.80. The summed E-state index contributed by atoms with van der Waals surface area (Å²) in [5.41, 5.74) is 0.526. The summed E-state index contributed by atoms with van der Waals surface area (Å²) in [7, 11) is -3.54. The molecule has 29 heavy (non-hydrogen) atoms. The Balaban J connectivity index is 1.33. The summed E-state index contributed by atoms with van der Waals surface area (Å²) in [4.78, 5) is 17.2. The standard InChI is InChI=1S/C20H29N3O5S/c24-20(22-9-7-21(8-10-22)16-18-2-1-13-28-18)17-3-5-19(6-4-17)29(25,26)23-11-14-27-15-12-23/h3-6,18H,1-2,7-16H2. The SMILES string of the molecule is O=C(c1ccc(S(=O)(=O)N2CCOCC2)cc1)N1CCN(CC2CCCO2)CC1. The normalized spacial score (nSPS) is 24.7. The first kappa shape index (κ1) is 20.7. The summed E-state index contributed by atoms with van der Waals surface area (Å²) in [5.74, 6) is -0.0444. The number of sulfonamides is 1. The minimum atomic E-state index is -3.54. The van der Waals surface area contributed by atoms with Crippen LogP contribution in [-0.4, -0.2) is 100 Å². The zero-order valence-corrected chi connectivity index (χ0v) is 17.5. The molecule has 4 rings (SSSR count). The van der Waals surface area contributed by atoms with Crippen molar-refractivity contribution in [3.63, 3.8) is 0 Å². The van der Waals surface area contributed by atoms with Crippen LogP contribution in [-0.2, 0) is 19.5 Å². The van der Waals surface area contributed by atoms with Crippen LogP contribution >= 0.6 is 0 Å². The topological polar surface area (TPSA) is 79.4 Å². The Hall–Kier alpha value is -1.52. The maximum atomic E-state index is 12.8. The number of morpholine rings is 1. The fourth-order valence-electron chi connectivity index (χ4n) is 4.10. The lowest BCUT2D eigenvalue weighted by molar-refractivity contribution is 0.0432. The maximum absolute atomic E-state index is 12.8. The van der Waals surface area contributed by atoms with E-state index in [2.05, 4.69) is 4.90 Å². The summed E-state index contributed by atoms with van der Waals surface area (Å²) in [6.07, 6.45) is 2.59. The van der Waals surface area contributed by atoms with Gasteiger partial charge in [-0.2, -0.15) is 4.31 Å². The molecule has 1 amide bonds. The molecule has 1 atom stereocenters. The lowest BCUT2D eigenvalue weighted by atomic mass is 10.1. The van der Waals surface area contributed by atoms with Crippen molar-refractivity contribution >= 4 is 15.9 Å². The lowest BCUT2D eigenvalue weighted by Crippen LogP contribution is -2.50. The van der Waals surface area contributed by atoms with Crippen LogP contribution in [0.15, 0.2) is 29.2 Å². The Bertz CT molecular complexity index is 794. The Kier molecular flexibility index (Phi) is 6.50. The van der Waals surface area contributed by atoms with Crippen molar-refractivity contribution in [3.8, 4) is 0 Å². The number of nitrogens with zero attached hydrogens (tertiary/aromatic N) is 3. The molecule has 0 N–H and O–H groups in total. The third-order valence-corrected chi connectivity index (χ3v) is 7.77. The molecule has 0 bridgehead atoms. The number of amides is 1. The van der Waals surface area contributed by atoms with Gasteiger partial charge in [-0.3, -0.25) is 9.69 Å². The van der Waals surface area contributed by atoms with Gasteiger partial charge in [0.15, 0.2) is 0 Å². The summed E-state index contributed by atoms with van der Waals surface area (Å²) >= 11 is 0. The van der Waals surface area contributed by atoms with E-state index in [1.54, 1.807) is 12.1 Å². The summed E-state index contributed by atoms with van der Waals surface area (Å²) in [5, 5.41) is 0. The Labute approximate surface area is 172 Å². The second kappa shape index (κ2) is 9.09. The quantitative estimate of drug-likeness (QED) is 0.692. The second-order valence-electron chi connectivity index (χ2n) is 7.77. The van der Waals surface area contributed by atoms with E-state index in [1.165, 1.54) is 16.4 Å². The third-order valence-electron chi connectivity index (χ3n) is 5.85. The van der Waals surface area contributed by atoms with Crippen LogP contribution < -0.4 is 0 Å². The van der Waals surface area contributed by atoms with Gasteiger partial charge in [0.05, 0.1) is 24.2 Å². The van der Waals surface area contributed by atoms with Gasteiger partial charge >= 0.3 is 0 Å². The average molecular weight is 424 g/mol. The van der Waals surface area contributed by atoms with Crippen molar-refractivity contribution in [3.05, 3.63) is 29.8 Å². The molecule has 9 heteroatoms. The Morgan fingerprint density at radius 2 is 1.66 bits per heavy atom. The van der Waals surface area contributed by atoms with E-state index < -0.39 is 10.0 Å². The first-order valence-electron chi connectivity index (χ1n) is 10.4. The molecule has 3 aliphatic heterocycles. The van der Waals surface area contributed by atoms with E-state index in [9.17, 15) is 13.2 Å². The average Bonchev–Trinajstić information content (AvgIpc) is 3.27. The molecule has 3 fully saturated rings. The molecule has 0 radical (unpaired) electrons. The van der Waals surface area contributed by atoms with Crippen LogP contribution in [0.5, 0.6) is 0 Å². The van der Waals surface area contributed by atoms with Crippen molar-refractivity contribution in [1.29, 1.82) is 0 Å². The molecule has 1 aromatic rings. The fraction of sp³-hybridized carbons (Fsp3) is 0.650. The molecular formula is C20H29N3O5S. The molecule has 1 unspecified atom stereocenters. The zero-order chi connectivity index (χ0) is 20.3. The van der Waals surface area contributed by atoms with Gasteiger partial charge in [-0.05, 0) is 37.1 Å². The molecule has 0 aliphatic carbocycles. The van der Waals surface area contributed by atoms with Gasteiger partial charge in [-0.25, -0.2) is 8.42 Å². The number of carbonyl (C=O) groups is 1. The van der Waals surface area contributed by atoms with Gasteiger partial charge in [-0.15, -0.1) is 0 Å². The van der Waals surface area contributed by atoms with Crippen LogP contribution in [0.25, 0.3) is 0 Å². The lowest BCUT2D eigenvalue weighted by Gasteiger charge is -2.35. The second-order valence-corrected chi connectivity index (χ2v) is 9.71. The van der Waals surface area contributed by atoms with Crippen molar-refractivity contribution in [2.75, 3.05) is 65.6 Å². The molecular weight excluding hydrogens is 394 g/mol. The summed E-state index contributed by atoms with van der Waals surface area (Å²) in [6, 6.07) is 6.31. The fourth-order valence-corrected chi connectivity index (χ4v) is 5.51. The van der Waals surface area contributed by atoms with Crippen LogP contribution in [0.2, 0.25) is 0 Å². The van der Waals surface area contributed by atoms with E-state index in [-0.39, 0.29) is 10.8 Å². The van der Waals surface area contributed by atoms with E-state index in [1.807, 2.05) is 4.90 Å². The van der Waals surface area contributed by atoms with Gasteiger partial charge in [0.25, 0.3) is 5.91 Å². The predicted octanol–water partition coefficient (Wildman–Crippen LogP) is 0.644. The van der Waals surface area contributed by atoms with Gasteiger partial charge < -0.3 is 14.4 Å². The first-order valence-corrected chi connectivity index (χ1v) is 11.8. The van der Waals surface area contributed by atoms with Crippen molar-refractivity contribution in [2.45, 2.75) is 23.8 Å². The van der Waals surface area contributed by atoms with E-state index in [0.717, 1.165) is 39.1 Å². The number of piperazine rings is 1. The zero-order valence-electron chi connectivity index (χ0n) is 16.7. The predicted molar refractivity (Wildman–Crippen MR) is 107 cm³/mol. The molecule has 3 heterocycles. The summed E-state index contributed by atoms with van der Waals surface area (Å²) < 4.78 is 37.8. The molecule has 3 aliphatic rings.